The lowest BCUT2D eigenvalue weighted by molar-refractivity contribution is -0.390. The second-order valence-electron chi connectivity index (χ2n) is 5.40. The molecule has 1 atom stereocenters. The van der Waals surface area contributed by atoms with Crippen LogP contribution in [0.2, 0.25) is 0 Å². The van der Waals surface area contributed by atoms with Crippen LogP contribution < -0.4 is 5.32 Å². The van der Waals surface area contributed by atoms with E-state index in [1.807, 2.05) is 6.07 Å². The van der Waals surface area contributed by atoms with E-state index in [1.165, 1.54) is 13.8 Å². The standard InChI is InChI=1S/C15H16F6N2O/c1-8-7-11(13(16,17)14(18,24)15(19,20)21)9(2)10(3)12(8)23-6-4-5-22/h7,23-24H,4,6H2,1-3H3. The van der Waals surface area contributed by atoms with E-state index in [0.717, 1.165) is 6.92 Å². The highest BCUT2D eigenvalue weighted by atomic mass is 19.4. The minimum atomic E-state index is -6.16. The third-order valence-corrected chi connectivity index (χ3v) is 3.77. The van der Waals surface area contributed by atoms with E-state index in [0.29, 0.717) is 11.8 Å². The fraction of sp³-hybridized carbons (Fsp3) is 0.533. The molecule has 0 saturated carbocycles. The third kappa shape index (κ3) is 3.29. The van der Waals surface area contributed by atoms with Crippen LogP contribution in [0.3, 0.4) is 0 Å². The molecular formula is C15H16F6N2O. The summed E-state index contributed by atoms with van der Waals surface area (Å²) in [5.74, 6) is -10.9. The summed E-state index contributed by atoms with van der Waals surface area (Å²) < 4.78 is 79.1. The summed E-state index contributed by atoms with van der Waals surface area (Å²) in [5.41, 5.74) is -0.836. The van der Waals surface area contributed by atoms with Gasteiger partial charge in [-0.25, -0.2) is 0 Å². The molecule has 9 heteroatoms. The Balaban J connectivity index is 3.44. The second kappa shape index (κ2) is 6.51. The average Bonchev–Trinajstić information content (AvgIpc) is 2.45. The number of hydrogen-bond acceptors (Lipinski definition) is 3. The van der Waals surface area contributed by atoms with Crippen molar-refractivity contribution in [3.63, 3.8) is 0 Å². The van der Waals surface area contributed by atoms with Gasteiger partial charge in [0.1, 0.15) is 0 Å². The van der Waals surface area contributed by atoms with Gasteiger partial charge in [0.05, 0.1) is 12.5 Å². The van der Waals surface area contributed by atoms with E-state index in [4.69, 9.17) is 10.4 Å². The Hall–Kier alpha value is -1.95. The second-order valence-corrected chi connectivity index (χ2v) is 5.40. The van der Waals surface area contributed by atoms with Crippen LogP contribution in [0.25, 0.3) is 0 Å². The number of rotatable bonds is 5. The predicted molar refractivity (Wildman–Crippen MR) is 75.4 cm³/mol. The first-order chi connectivity index (χ1) is 10.8. The van der Waals surface area contributed by atoms with Gasteiger partial charge in [-0.15, -0.1) is 0 Å². The van der Waals surface area contributed by atoms with Crippen molar-refractivity contribution in [2.45, 2.75) is 45.1 Å². The van der Waals surface area contributed by atoms with Crippen molar-refractivity contribution in [3.05, 3.63) is 28.3 Å². The van der Waals surface area contributed by atoms with E-state index in [1.54, 1.807) is 0 Å². The van der Waals surface area contributed by atoms with E-state index in [-0.39, 0.29) is 29.7 Å². The molecule has 3 nitrogen and oxygen atoms in total. The topological polar surface area (TPSA) is 56.0 Å². The number of anilines is 1. The smallest absolute Gasteiger partial charge is 0.384 e. The van der Waals surface area contributed by atoms with Gasteiger partial charge in [-0.3, -0.25) is 0 Å². The largest absolute Gasteiger partial charge is 0.455 e. The fourth-order valence-electron chi connectivity index (χ4n) is 2.28. The van der Waals surface area contributed by atoms with Gasteiger partial charge in [0.25, 0.3) is 0 Å². The van der Waals surface area contributed by atoms with Crippen molar-refractivity contribution in [1.29, 1.82) is 5.26 Å². The number of hydrogen-bond donors (Lipinski definition) is 2. The summed E-state index contributed by atoms with van der Waals surface area (Å²) in [6, 6.07) is 2.58. The number of nitrogens with zero attached hydrogens (tertiary/aromatic N) is 1. The monoisotopic (exact) mass is 354 g/mol. The van der Waals surface area contributed by atoms with Crippen LogP contribution in [-0.4, -0.2) is 23.7 Å². The Bertz CT molecular complexity index is 661. The maximum atomic E-state index is 14.1. The first-order valence-corrected chi connectivity index (χ1v) is 6.87. The molecule has 0 aliphatic rings. The number of aliphatic hydroxyl groups is 1. The van der Waals surface area contributed by atoms with E-state index < -0.39 is 23.5 Å². The van der Waals surface area contributed by atoms with Gasteiger partial charge >= 0.3 is 18.0 Å². The summed E-state index contributed by atoms with van der Waals surface area (Å²) in [6.07, 6.45) is -6.03. The summed E-state index contributed by atoms with van der Waals surface area (Å²) in [6.45, 7) is 4.05. The Morgan fingerprint density at radius 2 is 1.62 bits per heavy atom. The maximum absolute atomic E-state index is 14.1. The van der Waals surface area contributed by atoms with Gasteiger partial charge in [-0.05, 0) is 43.5 Å². The Morgan fingerprint density at radius 1 is 1.08 bits per heavy atom. The third-order valence-electron chi connectivity index (χ3n) is 3.77. The number of nitriles is 1. The normalized spacial score (nSPS) is 14.9. The quantitative estimate of drug-likeness (QED) is 0.614. The average molecular weight is 354 g/mol. The molecular weight excluding hydrogens is 338 g/mol. The number of halogens is 6. The summed E-state index contributed by atoms with van der Waals surface area (Å²) in [7, 11) is 0. The van der Waals surface area contributed by atoms with Crippen molar-refractivity contribution in [2.75, 3.05) is 11.9 Å². The molecule has 2 N–H and O–H groups in total. The van der Waals surface area contributed by atoms with Crippen LogP contribution in [0.5, 0.6) is 0 Å². The lowest BCUT2D eigenvalue weighted by Gasteiger charge is -2.32. The Morgan fingerprint density at radius 3 is 2.08 bits per heavy atom. The van der Waals surface area contributed by atoms with E-state index >= 15 is 0 Å². The van der Waals surface area contributed by atoms with Crippen LogP contribution in [0.15, 0.2) is 6.07 Å². The van der Waals surface area contributed by atoms with E-state index in [9.17, 15) is 26.3 Å². The molecule has 0 saturated heterocycles. The molecule has 1 rings (SSSR count). The first-order valence-electron chi connectivity index (χ1n) is 6.87. The summed E-state index contributed by atoms with van der Waals surface area (Å²) >= 11 is 0. The number of nitrogens with one attached hydrogen (secondary N) is 1. The lowest BCUT2D eigenvalue weighted by atomic mass is 9.90. The van der Waals surface area contributed by atoms with Crippen LogP contribution in [0, 0.1) is 32.1 Å². The molecule has 0 heterocycles. The summed E-state index contributed by atoms with van der Waals surface area (Å²) in [5, 5.41) is 20.1. The van der Waals surface area contributed by atoms with Crippen molar-refractivity contribution < 1.29 is 31.4 Å². The Labute approximate surface area is 134 Å². The summed E-state index contributed by atoms with van der Waals surface area (Å²) in [4.78, 5) is 0. The molecule has 0 spiro atoms. The SMILES string of the molecule is Cc1cc(C(F)(F)C(O)(F)C(F)(F)F)c(C)c(C)c1NCCC#N. The molecule has 0 amide bonds. The van der Waals surface area contributed by atoms with Crippen molar-refractivity contribution >= 4 is 5.69 Å². The van der Waals surface area contributed by atoms with Gasteiger partial charge in [0, 0.05) is 17.8 Å². The zero-order chi connectivity index (χ0) is 18.9. The molecule has 1 unspecified atom stereocenters. The predicted octanol–water partition coefficient (Wildman–Crippen LogP) is 4.25. The maximum Gasteiger partial charge on any atom is 0.455 e. The molecule has 134 valence electrons. The molecule has 0 aliphatic heterocycles. The molecule has 24 heavy (non-hydrogen) atoms. The molecule has 0 fully saturated rings. The molecule has 1 aromatic carbocycles. The number of benzene rings is 1. The molecule has 1 aromatic rings. The molecule has 0 aliphatic carbocycles. The van der Waals surface area contributed by atoms with Crippen LogP contribution in [-0.2, 0) is 5.92 Å². The van der Waals surface area contributed by atoms with Crippen molar-refractivity contribution in [3.8, 4) is 6.07 Å². The van der Waals surface area contributed by atoms with Gasteiger partial charge in [-0.1, -0.05) is 0 Å². The molecule has 0 aromatic heterocycles. The fourth-order valence-corrected chi connectivity index (χ4v) is 2.28. The van der Waals surface area contributed by atoms with Crippen LogP contribution in [0.1, 0.15) is 28.7 Å². The van der Waals surface area contributed by atoms with Crippen LogP contribution in [0.4, 0.5) is 32.0 Å². The number of aryl methyl sites for hydroxylation is 1. The molecule has 0 radical (unpaired) electrons. The van der Waals surface area contributed by atoms with Gasteiger partial charge in [0.15, 0.2) is 0 Å². The first kappa shape index (κ1) is 20.1. The van der Waals surface area contributed by atoms with Crippen LogP contribution >= 0.6 is 0 Å². The highest BCUT2D eigenvalue weighted by Crippen LogP contribution is 2.50. The minimum absolute atomic E-state index is 0.133. The lowest BCUT2D eigenvalue weighted by Crippen LogP contribution is -2.53. The van der Waals surface area contributed by atoms with Gasteiger partial charge < -0.3 is 10.4 Å². The van der Waals surface area contributed by atoms with Gasteiger partial charge in [0.2, 0.25) is 0 Å². The minimum Gasteiger partial charge on any atom is -0.384 e. The number of alkyl halides is 6. The van der Waals surface area contributed by atoms with E-state index in [2.05, 4.69) is 5.32 Å². The zero-order valence-corrected chi connectivity index (χ0v) is 13.2. The zero-order valence-electron chi connectivity index (χ0n) is 13.2. The van der Waals surface area contributed by atoms with Gasteiger partial charge in [-0.2, -0.15) is 31.6 Å². The highest BCUT2D eigenvalue weighted by Gasteiger charge is 2.71. The highest BCUT2D eigenvalue weighted by molar-refractivity contribution is 5.62. The van der Waals surface area contributed by atoms with Crippen molar-refractivity contribution in [2.24, 2.45) is 0 Å². The van der Waals surface area contributed by atoms with Crippen molar-refractivity contribution in [1.82, 2.24) is 0 Å². The Kier molecular flexibility index (Phi) is 5.45. The molecule has 0 bridgehead atoms.